The Hall–Kier alpha value is -4.86. The Morgan fingerprint density at radius 2 is 1.57 bits per heavy atom. The summed E-state index contributed by atoms with van der Waals surface area (Å²) >= 11 is 0. The van der Waals surface area contributed by atoms with Gasteiger partial charge in [-0.15, -0.1) is 0 Å². The van der Waals surface area contributed by atoms with Crippen molar-refractivity contribution in [3.8, 4) is 5.75 Å². The second-order valence-corrected chi connectivity index (χ2v) is 9.54. The van der Waals surface area contributed by atoms with E-state index in [2.05, 4.69) is 10.6 Å². The molecule has 4 rings (SSSR count). The number of nitrogens with one attached hydrogen (secondary N) is 2. The van der Waals surface area contributed by atoms with Crippen LogP contribution in [0.5, 0.6) is 5.75 Å². The number of ether oxygens (including phenoxy) is 1. The monoisotopic (exact) mass is 544 g/mol. The lowest BCUT2D eigenvalue weighted by molar-refractivity contribution is -0.137. The van der Waals surface area contributed by atoms with E-state index >= 15 is 0 Å². The quantitative estimate of drug-likeness (QED) is 0.380. The summed E-state index contributed by atoms with van der Waals surface area (Å²) in [6.45, 7) is 4.03. The van der Waals surface area contributed by atoms with Crippen molar-refractivity contribution in [3.63, 3.8) is 0 Å². The first-order chi connectivity index (χ1) is 19.2. The van der Waals surface area contributed by atoms with Gasteiger partial charge in [-0.25, -0.2) is 4.79 Å². The number of hydrogen-bond donors (Lipinski definition) is 3. The van der Waals surface area contributed by atoms with Gasteiger partial charge in [-0.3, -0.25) is 14.4 Å². The molecule has 0 aliphatic carbocycles. The number of benzene rings is 3. The number of nitrogens with zero attached hydrogens (tertiary/aromatic N) is 2. The predicted octanol–water partition coefficient (Wildman–Crippen LogP) is 4.61. The number of rotatable bonds is 8. The highest BCUT2D eigenvalue weighted by Gasteiger charge is 2.29. The number of anilines is 4. The van der Waals surface area contributed by atoms with Crippen molar-refractivity contribution >= 4 is 46.6 Å². The fraction of sp³-hybridized carbons (Fsp3) is 0.267. The second-order valence-electron chi connectivity index (χ2n) is 9.54. The van der Waals surface area contributed by atoms with Crippen molar-refractivity contribution in [3.05, 3.63) is 77.4 Å². The molecule has 0 aromatic heterocycles. The zero-order valence-corrected chi connectivity index (χ0v) is 22.7. The van der Waals surface area contributed by atoms with E-state index in [0.717, 1.165) is 11.1 Å². The van der Waals surface area contributed by atoms with E-state index in [0.29, 0.717) is 53.6 Å². The molecule has 0 unspecified atom stereocenters. The summed E-state index contributed by atoms with van der Waals surface area (Å²) < 4.78 is 5.48. The normalized spacial score (nSPS) is 12.4. The second kappa shape index (κ2) is 12.3. The van der Waals surface area contributed by atoms with Crippen LogP contribution in [0.3, 0.4) is 0 Å². The maximum absolute atomic E-state index is 13.4. The van der Waals surface area contributed by atoms with Crippen molar-refractivity contribution in [2.45, 2.75) is 33.1 Å². The Kier molecular flexibility index (Phi) is 8.68. The number of urea groups is 1. The van der Waals surface area contributed by atoms with Gasteiger partial charge in [0.1, 0.15) is 5.75 Å². The number of para-hydroxylation sites is 1. The van der Waals surface area contributed by atoms with Crippen molar-refractivity contribution in [2.75, 3.05) is 40.6 Å². The molecule has 0 bridgehead atoms. The average molecular weight is 545 g/mol. The van der Waals surface area contributed by atoms with Gasteiger partial charge < -0.3 is 30.3 Å². The molecule has 1 aliphatic heterocycles. The van der Waals surface area contributed by atoms with Crippen LogP contribution in [0.25, 0.3) is 0 Å². The van der Waals surface area contributed by atoms with Crippen LogP contribution in [0.1, 0.15) is 30.0 Å². The zero-order chi connectivity index (χ0) is 28.8. The lowest BCUT2D eigenvalue weighted by Gasteiger charge is -2.36. The lowest BCUT2D eigenvalue weighted by atomic mass is 10.0. The molecule has 1 heterocycles. The molecular weight excluding hydrogens is 512 g/mol. The van der Waals surface area contributed by atoms with Crippen LogP contribution in [0.2, 0.25) is 0 Å². The summed E-state index contributed by atoms with van der Waals surface area (Å²) in [4.78, 5) is 52.5. The number of hydrogen-bond acceptors (Lipinski definition) is 5. The van der Waals surface area contributed by atoms with Gasteiger partial charge in [-0.2, -0.15) is 0 Å². The summed E-state index contributed by atoms with van der Waals surface area (Å²) in [5, 5.41) is 14.6. The molecule has 0 spiro atoms. The Morgan fingerprint density at radius 1 is 0.875 bits per heavy atom. The fourth-order valence-corrected chi connectivity index (χ4v) is 4.66. The van der Waals surface area contributed by atoms with Crippen molar-refractivity contribution in [1.29, 1.82) is 0 Å². The van der Waals surface area contributed by atoms with E-state index in [9.17, 15) is 19.2 Å². The summed E-state index contributed by atoms with van der Waals surface area (Å²) in [7, 11) is 1.49. The number of methoxy groups -OCH3 is 1. The molecule has 1 aliphatic rings. The molecule has 10 heteroatoms. The molecule has 0 fully saturated rings. The van der Waals surface area contributed by atoms with Crippen LogP contribution in [-0.2, 0) is 27.2 Å². The number of carbonyl (C=O) groups excluding carboxylic acids is 3. The molecule has 0 saturated carbocycles. The molecule has 3 aromatic rings. The molecule has 208 valence electrons. The minimum atomic E-state index is -0.901. The third-order valence-electron chi connectivity index (χ3n) is 6.74. The Labute approximate surface area is 232 Å². The predicted molar refractivity (Wildman–Crippen MR) is 153 cm³/mol. The fourth-order valence-electron chi connectivity index (χ4n) is 4.66. The first-order valence-electron chi connectivity index (χ1n) is 12.9. The number of carboxylic acids is 1. The van der Waals surface area contributed by atoms with Gasteiger partial charge >= 0.3 is 12.0 Å². The van der Waals surface area contributed by atoms with Crippen molar-refractivity contribution in [2.24, 2.45) is 0 Å². The molecule has 3 N–H and O–H groups in total. The highest BCUT2D eigenvalue weighted by Crippen LogP contribution is 2.35. The van der Waals surface area contributed by atoms with Gasteiger partial charge in [0.25, 0.3) is 0 Å². The number of carboxylic acid groups (broad SMARTS) is 1. The van der Waals surface area contributed by atoms with Gasteiger partial charge in [-0.05, 0) is 60.4 Å². The third-order valence-corrected chi connectivity index (χ3v) is 6.74. The molecule has 3 aromatic carbocycles. The standard InChI is InChI=1S/C30H32N4O6/c1-19-6-4-5-7-23(19)31-30(39)32-24-11-8-22(17-27(24)40-3)18-28(36)34-15-14-33(20(2)35)26-16-21(9-12-25(26)34)10-13-29(37)38/h4-9,11-12,16-17H,10,13-15,18H2,1-3H3,(H,37,38)(H2,31,32,39). The molecular formula is C30H32N4O6. The largest absolute Gasteiger partial charge is 0.495 e. The first-order valence-corrected chi connectivity index (χ1v) is 12.9. The van der Waals surface area contributed by atoms with E-state index in [4.69, 9.17) is 9.84 Å². The first kappa shape index (κ1) is 28.2. The maximum Gasteiger partial charge on any atom is 0.323 e. The van der Waals surface area contributed by atoms with Crippen molar-refractivity contribution < 1.29 is 29.0 Å². The topological polar surface area (TPSA) is 128 Å². The van der Waals surface area contributed by atoms with Gasteiger partial charge in [0.15, 0.2) is 0 Å². The van der Waals surface area contributed by atoms with Gasteiger partial charge in [-0.1, -0.05) is 30.3 Å². The molecule has 40 heavy (non-hydrogen) atoms. The van der Waals surface area contributed by atoms with Crippen LogP contribution in [0.15, 0.2) is 60.7 Å². The van der Waals surface area contributed by atoms with E-state index < -0.39 is 12.0 Å². The Balaban J connectivity index is 1.49. The number of aliphatic carboxylic acids is 1. The molecule has 4 amide bonds. The Morgan fingerprint density at radius 3 is 2.27 bits per heavy atom. The highest BCUT2D eigenvalue weighted by atomic mass is 16.5. The maximum atomic E-state index is 13.4. The van der Waals surface area contributed by atoms with E-state index in [1.54, 1.807) is 46.2 Å². The van der Waals surface area contributed by atoms with Gasteiger partial charge in [0.05, 0.1) is 30.6 Å². The van der Waals surface area contributed by atoms with E-state index in [1.165, 1.54) is 14.0 Å². The van der Waals surface area contributed by atoms with Crippen LogP contribution in [0.4, 0.5) is 27.5 Å². The summed E-state index contributed by atoms with van der Waals surface area (Å²) in [5.41, 5.74) is 4.75. The van der Waals surface area contributed by atoms with Crippen LogP contribution < -0.4 is 25.2 Å². The minimum absolute atomic E-state index is 0.0260. The molecule has 0 radical (unpaired) electrons. The van der Waals surface area contributed by atoms with E-state index in [-0.39, 0.29) is 24.7 Å². The summed E-state index contributed by atoms with van der Waals surface area (Å²) in [6.07, 6.45) is 0.375. The molecule has 0 atom stereocenters. The average Bonchev–Trinajstić information content (AvgIpc) is 2.93. The van der Waals surface area contributed by atoms with Gasteiger partial charge in [0.2, 0.25) is 11.8 Å². The van der Waals surface area contributed by atoms with Crippen LogP contribution >= 0.6 is 0 Å². The van der Waals surface area contributed by atoms with E-state index in [1.807, 2.05) is 31.2 Å². The number of amides is 4. The third kappa shape index (κ3) is 6.58. The van der Waals surface area contributed by atoms with Crippen molar-refractivity contribution in [1.82, 2.24) is 0 Å². The SMILES string of the molecule is COc1cc(CC(=O)N2CCN(C(C)=O)c3cc(CCC(=O)O)ccc32)ccc1NC(=O)Nc1ccccc1C. The van der Waals surface area contributed by atoms with Crippen LogP contribution in [-0.4, -0.2) is 49.1 Å². The number of carbonyl (C=O) groups is 4. The minimum Gasteiger partial charge on any atom is -0.495 e. The Bertz CT molecular complexity index is 1450. The summed E-state index contributed by atoms with van der Waals surface area (Å²) in [5.74, 6) is -0.803. The lowest BCUT2D eigenvalue weighted by Crippen LogP contribution is -2.46. The smallest absolute Gasteiger partial charge is 0.323 e. The highest BCUT2D eigenvalue weighted by molar-refractivity contribution is 6.04. The zero-order valence-electron chi connectivity index (χ0n) is 22.7. The molecule has 10 nitrogen and oxygen atoms in total. The number of aryl methyl sites for hydroxylation is 2. The van der Waals surface area contributed by atoms with Gasteiger partial charge in [0, 0.05) is 32.1 Å². The number of fused-ring (bicyclic) bond motifs is 1. The summed E-state index contributed by atoms with van der Waals surface area (Å²) in [6, 6.07) is 17.5. The van der Waals surface area contributed by atoms with Crippen LogP contribution in [0, 0.1) is 6.92 Å². The molecule has 0 saturated heterocycles.